The molecule has 1 amide bonds. The molecule has 0 aliphatic carbocycles. The van der Waals surface area contributed by atoms with Gasteiger partial charge in [-0.3, -0.25) is 9.63 Å². The van der Waals surface area contributed by atoms with Gasteiger partial charge in [0.2, 0.25) is 0 Å². The zero-order valence-corrected chi connectivity index (χ0v) is 11.5. The van der Waals surface area contributed by atoms with Crippen LogP contribution in [0, 0.1) is 10.5 Å². The van der Waals surface area contributed by atoms with Gasteiger partial charge in [0.15, 0.2) is 0 Å². The van der Waals surface area contributed by atoms with E-state index >= 15 is 0 Å². The molecule has 3 nitrogen and oxygen atoms in total. The maximum absolute atomic E-state index is 11.5. The molecular formula is C9H9BrINO2. The molecule has 0 atom stereocenters. The van der Waals surface area contributed by atoms with Crippen molar-refractivity contribution in [3.63, 3.8) is 0 Å². The van der Waals surface area contributed by atoms with Gasteiger partial charge in [-0.1, -0.05) is 15.9 Å². The topological polar surface area (TPSA) is 38.3 Å². The molecule has 0 unspecified atom stereocenters. The van der Waals surface area contributed by atoms with E-state index in [9.17, 15) is 4.79 Å². The lowest BCUT2D eigenvalue weighted by atomic mass is 10.1. The van der Waals surface area contributed by atoms with Crippen LogP contribution in [0.3, 0.4) is 0 Å². The van der Waals surface area contributed by atoms with Crippen LogP contribution in [0.15, 0.2) is 16.6 Å². The average Bonchev–Trinajstić information content (AvgIpc) is 2.11. The van der Waals surface area contributed by atoms with E-state index in [1.807, 2.05) is 13.0 Å². The number of amides is 1. The van der Waals surface area contributed by atoms with Crippen LogP contribution in [0.2, 0.25) is 0 Å². The number of nitrogens with one attached hydrogen (secondary N) is 1. The second-order valence-electron chi connectivity index (χ2n) is 2.72. The van der Waals surface area contributed by atoms with E-state index in [0.717, 1.165) is 13.6 Å². The fourth-order valence-electron chi connectivity index (χ4n) is 1.04. The molecule has 0 saturated carbocycles. The van der Waals surface area contributed by atoms with Crippen molar-refractivity contribution < 1.29 is 9.63 Å². The second-order valence-corrected chi connectivity index (χ2v) is 4.71. The van der Waals surface area contributed by atoms with Crippen molar-refractivity contribution in [1.29, 1.82) is 0 Å². The van der Waals surface area contributed by atoms with Gasteiger partial charge in [0.05, 0.1) is 12.7 Å². The number of aryl methyl sites for hydroxylation is 1. The standard InChI is InChI=1S/C9H9BrINO2/c1-5-3-6(10)4-7(8(5)11)9(13)12-14-2/h3-4H,1-2H3,(H,12,13). The Bertz CT molecular complexity index is 368. The highest BCUT2D eigenvalue weighted by molar-refractivity contribution is 14.1. The van der Waals surface area contributed by atoms with Gasteiger partial charge in [0.25, 0.3) is 5.91 Å². The highest BCUT2D eigenvalue weighted by Crippen LogP contribution is 2.22. The van der Waals surface area contributed by atoms with E-state index in [4.69, 9.17) is 0 Å². The van der Waals surface area contributed by atoms with Crippen LogP contribution in [-0.2, 0) is 4.84 Å². The first-order valence-corrected chi connectivity index (χ1v) is 5.72. The molecule has 0 radical (unpaired) electrons. The first-order chi connectivity index (χ1) is 6.56. The van der Waals surface area contributed by atoms with Crippen molar-refractivity contribution in [2.75, 3.05) is 7.11 Å². The van der Waals surface area contributed by atoms with Crippen LogP contribution in [-0.4, -0.2) is 13.0 Å². The number of carbonyl (C=O) groups is 1. The number of rotatable bonds is 2. The monoisotopic (exact) mass is 369 g/mol. The Kier molecular flexibility index (Phi) is 4.33. The van der Waals surface area contributed by atoms with Crippen LogP contribution < -0.4 is 5.48 Å². The third-order valence-corrected chi connectivity index (χ3v) is 3.55. The van der Waals surface area contributed by atoms with Gasteiger partial charge in [0.1, 0.15) is 0 Å². The molecule has 0 saturated heterocycles. The first kappa shape index (κ1) is 11.9. The summed E-state index contributed by atoms with van der Waals surface area (Å²) < 4.78 is 1.82. The van der Waals surface area contributed by atoms with Crippen molar-refractivity contribution in [2.45, 2.75) is 6.92 Å². The SMILES string of the molecule is CONC(=O)c1cc(Br)cc(C)c1I. The number of halogens is 2. The molecule has 1 rings (SSSR count). The van der Waals surface area contributed by atoms with Gasteiger partial charge in [-0.15, -0.1) is 0 Å². The third-order valence-electron chi connectivity index (χ3n) is 1.66. The summed E-state index contributed by atoms with van der Waals surface area (Å²) >= 11 is 5.48. The van der Waals surface area contributed by atoms with Crippen LogP contribution in [0.5, 0.6) is 0 Å². The van der Waals surface area contributed by atoms with E-state index in [1.165, 1.54) is 7.11 Å². The van der Waals surface area contributed by atoms with Crippen LogP contribution >= 0.6 is 38.5 Å². The highest BCUT2D eigenvalue weighted by Gasteiger charge is 2.12. The summed E-state index contributed by atoms with van der Waals surface area (Å²) in [7, 11) is 1.41. The smallest absolute Gasteiger partial charge is 0.275 e. The summed E-state index contributed by atoms with van der Waals surface area (Å²) in [5.74, 6) is -0.235. The molecule has 1 N–H and O–H groups in total. The maximum Gasteiger partial charge on any atom is 0.275 e. The first-order valence-electron chi connectivity index (χ1n) is 3.85. The van der Waals surface area contributed by atoms with Crippen LogP contribution in [0.25, 0.3) is 0 Å². The number of carbonyl (C=O) groups excluding carboxylic acids is 1. The summed E-state index contributed by atoms with van der Waals surface area (Å²) in [4.78, 5) is 16.1. The lowest BCUT2D eigenvalue weighted by Crippen LogP contribution is -2.23. The Balaban J connectivity index is 3.13. The fraction of sp³-hybridized carbons (Fsp3) is 0.222. The molecule has 0 aliphatic rings. The van der Waals surface area contributed by atoms with E-state index in [0.29, 0.717) is 5.56 Å². The molecule has 14 heavy (non-hydrogen) atoms. The Morgan fingerprint density at radius 3 is 2.79 bits per heavy atom. The van der Waals surface area contributed by atoms with Crippen molar-refractivity contribution in [3.05, 3.63) is 31.3 Å². The Labute approximate surface area is 104 Å². The molecule has 1 aromatic rings. The number of hydroxylamine groups is 1. The zero-order chi connectivity index (χ0) is 10.7. The molecule has 0 heterocycles. The largest absolute Gasteiger partial charge is 0.277 e. The van der Waals surface area contributed by atoms with Gasteiger partial charge < -0.3 is 0 Å². The van der Waals surface area contributed by atoms with Gasteiger partial charge in [0, 0.05) is 8.04 Å². The van der Waals surface area contributed by atoms with Crippen molar-refractivity contribution in [1.82, 2.24) is 5.48 Å². The average molecular weight is 370 g/mol. The maximum atomic E-state index is 11.5. The lowest BCUT2D eigenvalue weighted by molar-refractivity contribution is 0.0536. The minimum Gasteiger partial charge on any atom is -0.277 e. The van der Waals surface area contributed by atoms with Gasteiger partial charge in [-0.25, -0.2) is 5.48 Å². The number of benzene rings is 1. The fourth-order valence-corrected chi connectivity index (χ4v) is 2.17. The molecule has 5 heteroatoms. The summed E-state index contributed by atoms with van der Waals surface area (Å²) in [5.41, 5.74) is 3.96. The van der Waals surface area contributed by atoms with Gasteiger partial charge >= 0.3 is 0 Å². The third kappa shape index (κ3) is 2.68. The van der Waals surface area contributed by atoms with Crippen molar-refractivity contribution in [3.8, 4) is 0 Å². The summed E-state index contributed by atoms with van der Waals surface area (Å²) in [5, 5.41) is 0. The predicted octanol–water partition coefficient (Wildman–Crippen LogP) is 2.65. The van der Waals surface area contributed by atoms with Crippen LogP contribution in [0.1, 0.15) is 15.9 Å². The zero-order valence-electron chi connectivity index (χ0n) is 7.73. The highest BCUT2D eigenvalue weighted by atomic mass is 127. The van der Waals surface area contributed by atoms with Gasteiger partial charge in [-0.2, -0.15) is 0 Å². The second kappa shape index (κ2) is 5.09. The van der Waals surface area contributed by atoms with Crippen molar-refractivity contribution >= 4 is 44.4 Å². The summed E-state index contributed by atoms with van der Waals surface area (Å²) in [6.07, 6.45) is 0. The van der Waals surface area contributed by atoms with E-state index in [1.54, 1.807) is 6.07 Å². The Morgan fingerprint density at radius 2 is 2.21 bits per heavy atom. The molecular weight excluding hydrogens is 361 g/mol. The van der Waals surface area contributed by atoms with Crippen LogP contribution in [0.4, 0.5) is 0 Å². The lowest BCUT2D eigenvalue weighted by Gasteiger charge is -2.07. The Hall–Kier alpha value is -0.140. The van der Waals surface area contributed by atoms with E-state index in [-0.39, 0.29) is 5.91 Å². The Morgan fingerprint density at radius 1 is 1.57 bits per heavy atom. The molecule has 0 spiro atoms. The molecule has 0 aromatic heterocycles. The molecule has 76 valence electrons. The van der Waals surface area contributed by atoms with E-state index in [2.05, 4.69) is 48.8 Å². The number of hydrogen-bond acceptors (Lipinski definition) is 2. The summed E-state index contributed by atoms with van der Waals surface area (Å²) in [6, 6.07) is 3.73. The molecule has 0 fully saturated rings. The predicted molar refractivity (Wildman–Crippen MR) is 66.1 cm³/mol. The molecule has 1 aromatic carbocycles. The van der Waals surface area contributed by atoms with E-state index < -0.39 is 0 Å². The molecule has 0 aliphatic heterocycles. The quantitative estimate of drug-likeness (QED) is 0.643. The van der Waals surface area contributed by atoms with Gasteiger partial charge in [-0.05, 0) is 47.2 Å². The van der Waals surface area contributed by atoms with Crippen molar-refractivity contribution in [2.24, 2.45) is 0 Å². The minimum absolute atomic E-state index is 0.235. The number of hydrogen-bond donors (Lipinski definition) is 1. The normalized spacial score (nSPS) is 10.0. The summed E-state index contributed by atoms with van der Waals surface area (Å²) in [6.45, 7) is 1.95. The minimum atomic E-state index is -0.235. The molecule has 0 bridgehead atoms.